The summed E-state index contributed by atoms with van der Waals surface area (Å²) in [7, 11) is 5.69. The van der Waals surface area contributed by atoms with Crippen LogP contribution in [-0.2, 0) is 7.05 Å². The number of carbonyl (C=O) groups excluding carboxylic acids is 1. The van der Waals surface area contributed by atoms with Crippen LogP contribution in [0.3, 0.4) is 0 Å². The first-order valence-electron chi connectivity index (χ1n) is 4.77. The van der Waals surface area contributed by atoms with Crippen molar-refractivity contribution in [1.29, 1.82) is 0 Å². The van der Waals surface area contributed by atoms with Crippen LogP contribution >= 0.6 is 0 Å². The fourth-order valence-corrected chi connectivity index (χ4v) is 1.05. The monoisotopic (exact) mass is 211 g/mol. The second-order valence-electron chi connectivity index (χ2n) is 3.52. The van der Waals surface area contributed by atoms with Crippen LogP contribution in [0.2, 0.25) is 0 Å². The number of carbonyl (C=O) groups is 1. The minimum absolute atomic E-state index is 0.208. The maximum absolute atomic E-state index is 11.4. The van der Waals surface area contributed by atoms with E-state index in [0.717, 1.165) is 6.54 Å². The van der Waals surface area contributed by atoms with Crippen LogP contribution in [-0.4, -0.2) is 47.9 Å². The number of likely N-dealkylation sites (N-methyl/N-ethyl adjacent to an activating group) is 1. The Balaban J connectivity index is 2.28. The molecule has 1 aromatic heterocycles. The summed E-state index contributed by atoms with van der Waals surface area (Å²) < 4.78 is 1.60. The van der Waals surface area contributed by atoms with Crippen LogP contribution in [0.15, 0.2) is 12.3 Å². The average Bonchev–Trinajstić information content (AvgIpc) is 2.51. The number of amides is 2. The lowest BCUT2D eigenvalue weighted by atomic mass is 10.5. The maximum Gasteiger partial charge on any atom is 0.320 e. The SMILES string of the molecule is CN(C)CCNC(=O)Nc1ccnn1C. The first-order valence-corrected chi connectivity index (χ1v) is 4.77. The lowest BCUT2D eigenvalue weighted by Gasteiger charge is -2.11. The molecule has 0 radical (unpaired) electrons. The normalized spacial score (nSPS) is 10.4. The Kier molecular flexibility index (Phi) is 4.11. The molecule has 2 N–H and O–H groups in total. The molecule has 6 heteroatoms. The number of aryl methyl sites for hydroxylation is 1. The van der Waals surface area contributed by atoms with E-state index in [1.807, 2.05) is 19.0 Å². The van der Waals surface area contributed by atoms with E-state index in [4.69, 9.17) is 0 Å². The van der Waals surface area contributed by atoms with Crippen molar-refractivity contribution in [2.75, 3.05) is 32.5 Å². The maximum atomic E-state index is 11.4. The van der Waals surface area contributed by atoms with Gasteiger partial charge >= 0.3 is 6.03 Å². The Hall–Kier alpha value is -1.56. The molecule has 1 aromatic rings. The van der Waals surface area contributed by atoms with E-state index in [2.05, 4.69) is 15.7 Å². The van der Waals surface area contributed by atoms with Crippen LogP contribution < -0.4 is 10.6 Å². The topological polar surface area (TPSA) is 62.2 Å². The van der Waals surface area contributed by atoms with Gasteiger partial charge in [0.2, 0.25) is 0 Å². The Morgan fingerprint density at radius 3 is 2.87 bits per heavy atom. The second kappa shape index (κ2) is 5.35. The van der Waals surface area contributed by atoms with Gasteiger partial charge in [-0.15, -0.1) is 0 Å². The van der Waals surface area contributed by atoms with Crippen LogP contribution in [0, 0.1) is 0 Å². The van der Waals surface area contributed by atoms with Gasteiger partial charge < -0.3 is 10.2 Å². The zero-order valence-electron chi connectivity index (χ0n) is 9.32. The molecule has 0 saturated carbocycles. The Morgan fingerprint density at radius 2 is 2.33 bits per heavy atom. The molecule has 0 aliphatic heterocycles. The van der Waals surface area contributed by atoms with Gasteiger partial charge in [0.05, 0.1) is 6.20 Å². The molecule has 1 rings (SSSR count). The van der Waals surface area contributed by atoms with Crippen molar-refractivity contribution in [3.63, 3.8) is 0 Å². The highest BCUT2D eigenvalue weighted by Crippen LogP contribution is 2.01. The molecule has 2 amide bonds. The van der Waals surface area contributed by atoms with Crippen LogP contribution in [0.1, 0.15) is 0 Å². The summed E-state index contributed by atoms with van der Waals surface area (Å²) in [6.07, 6.45) is 1.63. The number of aromatic nitrogens is 2. The van der Waals surface area contributed by atoms with Crippen LogP contribution in [0.5, 0.6) is 0 Å². The van der Waals surface area contributed by atoms with Crippen molar-refractivity contribution in [3.05, 3.63) is 12.3 Å². The summed E-state index contributed by atoms with van der Waals surface area (Å²) >= 11 is 0. The van der Waals surface area contributed by atoms with E-state index in [0.29, 0.717) is 12.4 Å². The van der Waals surface area contributed by atoms with Gasteiger partial charge in [0, 0.05) is 26.2 Å². The summed E-state index contributed by atoms with van der Waals surface area (Å²) in [6.45, 7) is 1.44. The molecule has 0 bridgehead atoms. The molecule has 0 unspecified atom stereocenters. The molecule has 15 heavy (non-hydrogen) atoms. The Bertz CT molecular complexity index is 320. The standard InChI is InChI=1S/C9H17N5O/c1-13(2)7-6-10-9(15)12-8-4-5-11-14(8)3/h4-5H,6-7H2,1-3H3,(H2,10,12,15). The van der Waals surface area contributed by atoms with Crippen molar-refractivity contribution < 1.29 is 4.79 Å². The largest absolute Gasteiger partial charge is 0.337 e. The summed E-state index contributed by atoms with van der Waals surface area (Å²) in [5.41, 5.74) is 0. The Labute approximate surface area is 89.2 Å². The fraction of sp³-hybridized carbons (Fsp3) is 0.556. The molecular formula is C9H17N5O. The minimum Gasteiger partial charge on any atom is -0.337 e. The quantitative estimate of drug-likeness (QED) is 0.742. The van der Waals surface area contributed by atoms with Crippen molar-refractivity contribution in [3.8, 4) is 0 Å². The first kappa shape index (κ1) is 11.5. The highest BCUT2D eigenvalue weighted by molar-refractivity contribution is 5.88. The fourth-order valence-electron chi connectivity index (χ4n) is 1.05. The zero-order valence-corrected chi connectivity index (χ0v) is 9.32. The third-order valence-corrected chi connectivity index (χ3v) is 1.91. The molecule has 84 valence electrons. The number of rotatable bonds is 4. The van der Waals surface area contributed by atoms with Gasteiger partial charge in [-0.1, -0.05) is 0 Å². The molecular weight excluding hydrogens is 194 g/mol. The smallest absolute Gasteiger partial charge is 0.320 e. The molecule has 0 fully saturated rings. The summed E-state index contributed by atoms with van der Waals surface area (Å²) in [4.78, 5) is 13.4. The van der Waals surface area contributed by atoms with Gasteiger partial charge in [-0.2, -0.15) is 5.10 Å². The molecule has 0 aliphatic rings. The molecule has 0 spiro atoms. The molecule has 0 aliphatic carbocycles. The van der Waals surface area contributed by atoms with Crippen molar-refractivity contribution in [1.82, 2.24) is 20.0 Å². The molecule has 1 heterocycles. The van der Waals surface area contributed by atoms with Gasteiger partial charge in [-0.25, -0.2) is 4.79 Å². The first-order chi connectivity index (χ1) is 7.09. The predicted molar refractivity (Wildman–Crippen MR) is 58.8 cm³/mol. The molecule has 0 aromatic carbocycles. The number of nitrogens with one attached hydrogen (secondary N) is 2. The zero-order chi connectivity index (χ0) is 11.3. The third kappa shape index (κ3) is 3.99. The Morgan fingerprint density at radius 1 is 1.60 bits per heavy atom. The highest BCUT2D eigenvalue weighted by atomic mass is 16.2. The van der Waals surface area contributed by atoms with Crippen LogP contribution in [0.25, 0.3) is 0 Å². The summed E-state index contributed by atoms with van der Waals surface area (Å²) in [5.74, 6) is 0.678. The van der Waals surface area contributed by atoms with E-state index < -0.39 is 0 Å². The van der Waals surface area contributed by atoms with Gasteiger partial charge in [-0.3, -0.25) is 10.00 Å². The summed E-state index contributed by atoms with van der Waals surface area (Å²) in [5, 5.41) is 9.39. The summed E-state index contributed by atoms with van der Waals surface area (Å²) in [6, 6.07) is 1.53. The molecule has 6 nitrogen and oxygen atoms in total. The van der Waals surface area contributed by atoms with E-state index in [1.165, 1.54) is 0 Å². The third-order valence-electron chi connectivity index (χ3n) is 1.91. The van der Waals surface area contributed by atoms with E-state index >= 15 is 0 Å². The highest BCUT2D eigenvalue weighted by Gasteiger charge is 2.03. The van der Waals surface area contributed by atoms with Gasteiger partial charge in [0.1, 0.15) is 5.82 Å². The number of hydrogen-bond acceptors (Lipinski definition) is 3. The van der Waals surface area contributed by atoms with Gasteiger partial charge in [0.25, 0.3) is 0 Å². The van der Waals surface area contributed by atoms with Crippen LogP contribution in [0.4, 0.5) is 10.6 Å². The number of urea groups is 1. The lowest BCUT2D eigenvalue weighted by molar-refractivity contribution is 0.250. The number of hydrogen-bond donors (Lipinski definition) is 2. The predicted octanol–water partition coefficient (Wildman–Crippen LogP) is 0.103. The van der Waals surface area contributed by atoms with Crippen molar-refractivity contribution in [2.24, 2.45) is 7.05 Å². The number of anilines is 1. The van der Waals surface area contributed by atoms with Gasteiger partial charge in [-0.05, 0) is 14.1 Å². The second-order valence-corrected chi connectivity index (χ2v) is 3.52. The van der Waals surface area contributed by atoms with E-state index in [1.54, 1.807) is 24.0 Å². The van der Waals surface area contributed by atoms with Crippen molar-refractivity contribution >= 4 is 11.8 Å². The van der Waals surface area contributed by atoms with E-state index in [9.17, 15) is 4.79 Å². The molecule has 0 atom stereocenters. The van der Waals surface area contributed by atoms with Gasteiger partial charge in [0.15, 0.2) is 0 Å². The lowest BCUT2D eigenvalue weighted by Crippen LogP contribution is -2.34. The number of nitrogens with zero attached hydrogens (tertiary/aromatic N) is 3. The minimum atomic E-state index is -0.208. The molecule has 0 saturated heterocycles. The average molecular weight is 211 g/mol. The van der Waals surface area contributed by atoms with E-state index in [-0.39, 0.29) is 6.03 Å². The van der Waals surface area contributed by atoms with Crippen molar-refractivity contribution in [2.45, 2.75) is 0 Å².